The predicted octanol–water partition coefficient (Wildman–Crippen LogP) is 1.78. The Hall–Kier alpha value is -0.780. The van der Waals surface area contributed by atoms with E-state index in [9.17, 15) is 18.0 Å². The zero-order chi connectivity index (χ0) is 11.5. The van der Waals surface area contributed by atoms with Crippen LogP contribution in [0.15, 0.2) is 0 Å². The summed E-state index contributed by atoms with van der Waals surface area (Å²) in [6.07, 6.45) is -3.15. The Balaban J connectivity index is 2.34. The van der Waals surface area contributed by atoms with Crippen LogP contribution >= 0.6 is 0 Å². The van der Waals surface area contributed by atoms with Gasteiger partial charge in [-0.25, -0.2) is 0 Å². The van der Waals surface area contributed by atoms with Crippen molar-refractivity contribution in [3.8, 4) is 0 Å². The number of ether oxygens (including phenoxy) is 1. The number of rotatable bonds is 2. The maximum Gasteiger partial charge on any atom is 0.522 e. The van der Waals surface area contributed by atoms with E-state index in [4.69, 9.17) is 0 Å². The quantitative estimate of drug-likeness (QED) is 0.717. The molecule has 1 aliphatic heterocycles. The van der Waals surface area contributed by atoms with Crippen LogP contribution in [0.5, 0.6) is 0 Å². The van der Waals surface area contributed by atoms with E-state index in [0.717, 1.165) is 6.42 Å². The number of alkyl halides is 3. The van der Waals surface area contributed by atoms with Crippen molar-refractivity contribution in [2.24, 2.45) is 5.92 Å². The highest BCUT2D eigenvalue weighted by molar-refractivity contribution is 5.73. The zero-order valence-corrected chi connectivity index (χ0v) is 8.51. The molecule has 1 heterocycles. The monoisotopic (exact) mass is 225 g/mol. The molecule has 1 unspecified atom stereocenters. The summed E-state index contributed by atoms with van der Waals surface area (Å²) in [5, 5.41) is 0. The molecule has 0 N–H and O–H groups in total. The lowest BCUT2D eigenvalue weighted by atomic mass is 9.99. The average molecular weight is 225 g/mol. The summed E-state index contributed by atoms with van der Waals surface area (Å²) < 4.78 is 39.0. The Morgan fingerprint density at radius 1 is 1.53 bits per heavy atom. The molecule has 1 rings (SSSR count). The third-order valence-electron chi connectivity index (χ3n) is 2.45. The SMILES string of the molecule is CC(=O)N1CCCC(COC(F)(F)F)C1. The largest absolute Gasteiger partial charge is 0.522 e. The number of hydrogen-bond donors (Lipinski definition) is 0. The molecule has 1 amide bonds. The Morgan fingerprint density at radius 3 is 2.73 bits per heavy atom. The molecule has 3 nitrogen and oxygen atoms in total. The summed E-state index contributed by atoms with van der Waals surface area (Å²) in [5.74, 6) is -0.295. The van der Waals surface area contributed by atoms with Gasteiger partial charge in [-0.05, 0) is 12.8 Å². The van der Waals surface area contributed by atoms with Gasteiger partial charge in [0.25, 0.3) is 0 Å². The van der Waals surface area contributed by atoms with E-state index in [0.29, 0.717) is 19.5 Å². The molecule has 15 heavy (non-hydrogen) atoms. The molecule has 6 heteroatoms. The maximum atomic E-state index is 11.8. The number of carbonyl (C=O) groups is 1. The lowest BCUT2D eigenvalue weighted by molar-refractivity contribution is -0.329. The van der Waals surface area contributed by atoms with Gasteiger partial charge in [0.05, 0.1) is 6.61 Å². The van der Waals surface area contributed by atoms with E-state index in [1.165, 1.54) is 6.92 Å². The molecule has 88 valence electrons. The lowest BCUT2D eigenvalue weighted by Crippen LogP contribution is -2.40. The van der Waals surface area contributed by atoms with Gasteiger partial charge in [0.2, 0.25) is 5.91 Å². The minimum Gasteiger partial charge on any atom is -0.343 e. The van der Waals surface area contributed by atoms with E-state index in [2.05, 4.69) is 4.74 Å². The first-order valence-corrected chi connectivity index (χ1v) is 4.84. The van der Waals surface area contributed by atoms with Gasteiger partial charge in [-0.3, -0.25) is 9.53 Å². The number of nitrogens with zero attached hydrogens (tertiary/aromatic N) is 1. The van der Waals surface area contributed by atoms with Crippen LogP contribution in [-0.4, -0.2) is 36.9 Å². The molecule has 0 saturated carbocycles. The van der Waals surface area contributed by atoms with Crippen molar-refractivity contribution in [3.05, 3.63) is 0 Å². The Labute approximate surface area is 86.2 Å². The minimum atomic E-state index is -4.57. The van der Waals surface area contributed by atoms with Crippen LogP contribution in [0.2, 0.25) is 0 Å². The molecule has 0 spiro atoms. The van der Waals surface area contributed by atoms with Crippen LogP contribution < -0.4 is 0 Å². The fraction of sp³-hybridized carbons (Fsp3) is 0.889. The normalized spacial score (nSPS) is 22.9. The van der Waals surface area contributed by atoms with Gasteiger partial charge in [0.15, 0.2) is 0 Å². The Morgan fingerprint density at radius 2 is 2.20 bits per heavy atom. The highest BCUT2D eigenvalue weighted by Gasteiger charge is 2.31. The van der Waals surface area contributed by atoms with E-state index in [1.807, 2.05) is 0 Å². The van der Waals surface area contributed by atoms with Crippen LogP contribution in [0.4, 0.5) is 13.2 Å². The number of likely N-dealkylation sites (tertiary alicyclic amines) is 1. The third kappa shape index (κ3) is 4.51. The van der Waals surface area contributed by atoms with Gasteiger partial charge in [0.1, 0.15) is 0 Å². The smallest absolute Gasteiger partial charge is 0.343 e. The van der Waals surface area contributed by atoms with Crippen LogP contribution in [0.3, 0.4) is 0 Å². The molecule has 0 aliphatic carbocycles. The van der Waals surface area contributed by atoms with Crippen molar-refractivity contribution in [3.63, 3.8) is 0 Å². The molecule has 0 aromatic carbocycles. The minimum absolute atomic E-state index is 0.0910. The molecule has 1 saturated heterocycles. The summed E-state index contributed by atoms with van der Waals surface area (Å²) >= 11 is 0. The molecule has 0 aromatic rings. The number of carbonyl (C=O) groups excluding carboxylic acids is 1. The molecule has 1 fully saturated rings. The van der Waals surface area contributed by atoms with Crippen LogP contribution in [0.1, 0.15) is 19.8 Å². The molecule has 0 bridgehead atoms. The maximum absolute atomic E-state index is 11.8. The lowest BCUT2D eigenvalue weighted by Gasteiger charge is -2.31. The van der Waals surface area contributed by atoms with E-state index in [-0.39, 0.29) is 18.4 Å². The highest BCUT2D eigenvalue weighted by Crippen LogP contribution is 2.22. The summed E-state index contributed by atoms with van der Waals surface area (Å²) in [7, 11) is 0. The molecular formula is C9H14F3NO2. The molecule has 0 radical (unpaired) electrons. The van der Waals surface area contributed by atoms with E-state index in [1.54, 1.807) is 4.90 Å². The van der Waals surface area contributed by atoms with Gasteiger partial charge >= 0.3 is 6.36 Å². The van der Waals surface area contributed by atoms with Crippen molar-refractivity contribution in [1.29, 1.82) is 0 Å². The highest BCUT2D eigenvalue weighted by atomic mass is 19.4. The number of amides is 1. The fourth-order valence-electron chi connectivity index (χ4n) is 1.70. The van der Waals surface area contributed by atoms with Crippen molar-refractivity contribution in [1.82, 2.24) is 4.90 Å². The third-order valence-corrected chi connectivity index (χ3v) is 2.45. The van der Waals surface area contributed by atoms with Crippen molar-refractivity contribution in [2.75, 3.05) is 19.7 Å². The Kier molecular flexibility index (Phi) is 3.96. The Bertz CT molecular complexity index is 230. The first-order valence-electron chi connectivity index (χ1n) is 4.84. The van der Waals surface area contributed by atoms with Gasteiger partial charge in [-0.15, -0.1) is 13.2 Å². The fourth-order valence-corrected chi connectivity index (χ4v) is 1.70. The van der Waals surface area contributed by atoms with E-state index >= 15 is 0 Å². The molecule has 1 aliphatic rings. The van der Waals surface area contributed by atoms with Crippen molar-refractivity contribution in [2.45, 2.75) is 26.1 Å². The molecule has 1 atom stereocenters. The second kappa shape index (κ2) is 4.83. The predicted molar refractivity (Wildman–Crippen MR) is 47.0 cm³/mol. The van der Waals surface area contributed by atoms with Gasteiger partial charge in [-0.2, -0.15) is 0 Å². The van der Waals surface area contributed by atoms with Gasteiger partial charge in [-0.1, -0.05) is 0 Å². The number of halogens is 3. The van der Waals surface area contributed by atoms with Crippen LogP contribution in [0, 0.1) is 5.92 Å². The number of piperidine rings is 1. The first kappa shape index (κ1) is 12.3. The topological polar surface area (TPSA) is 29.5 Å². The van der Waals surface area contributed by atoms with Crippen molar-refractivity contribution >= 4 is 5.91 Å². The summed E-state index contributed by atoms with van der Waals surface area (Å²) in [4.78, 5) is 12.6. The summed E-state index contributed by atoms with van der Waals surface area (Å²) in [6.45, 7) is 2.07. The van der Waals surface area contributed by atoms with Gasteiger partial charge < -0.3 is 4.90 Å². The second-order valence-electron chi connectivity index (χ2n) is 3.73. The van der Waals surface area contributed by atoms with Crippen LogP contribution in [0.25, 0.3) is 0 Å². The number of hydrogen-bond acceptors (Lipinski definition) is 2. The van der Waals surface area contributed by atoms with Crippen molar-refractivity contribution < 1.29 is 22.7 Å². The standard InChI is InChI=1S/C9H14F3NO2/c1-7(14)13-4-2-3-8(5-13)6-15-9(10,11)12/h8H,2-6H2,1H3. The first-order chi connectivity index (χ1) is 6.88. The molecule has 0 aromatic heterocycles. The van der Waals surface area contributed by atoms with E-state index < -0.39 is 6.36 Å². The molecular weight excluding hydrogens is 211 g/mol. The zero-order valence-electron chi connectivity index (χ0n) is 8.51. The van der Waals surface area contributed by atoms with Gasteiger partial charge in [0, 0.05) is 25.9 Å². The van der Waals surface area contributed by atoms with Crippen LogP contribution in [-0.2, 0) is 9.53 Å². The average Bonchev–Trinajstić information content (AvgIpc) is 2.14. The summed E-state index contributed by atoms with van der Waals surface area (Å²) in [6, 6.07) is 0. The summed E-state index contributed by atoms with van der Waals surface area (Å²) in [5.41, 5.74) is 0. The second-order valence-corrected chi connectivity index (χ2v) is 3.73.